The van der Waals surface area contributed by atoms with Crippen molar-refractivity contribution in [1.82, 2.24) is 14.5 Å². The number of aromatic nitrogens is 3. The minimum absolute atomic E-state index is 0.157. The molecular weight excluding hydrogens is 250 g/mol. The summed E-state index contributed by atoms with van der Waals surface area (Å²) in [7, 11) is 1.96. The molecule has 2 heterocycles. The molecule has 98 valence electrons. The molecule has 0 amide bonds. The van der Waals surface area contributed by atoms with Crippen LogP contribution in [0.3, 0.4) is 0 Å². The molecule has 4 heteroatoms. The average molecular weight is 263 g/mol. The van der Waals surface area contributed by atoms with Gasteiger partial charge in [-0.3, -0.25) is 0 Å². The molecule has 0 aliphatic rings. The Kier molecular flexibility index (Phi) is 2.15. The van der Waals surface area contributed by atoms with Crippen molar-refractivity contribution in [2.75, 3.05) is 0 Å². The quantitative estimate of drug-likeness (QED) is 0.553. The van der Waals surface area contributed by atoms with E-state index in [2.05, 4.69) is 9.97 Å². The van der Waals surface area contributed by atoms with Gasteiger partial charge in [-0.2, -0.15) is 0 Å². The van der Waals surface area contributed by atoms with Crippen molar-refractivity contribution in [3.05, 3.63) is 48.5 Å². The Bertz CT molecular complexity index is 933. The molecule has 0 fully saturated rings. The second-order valence-electron chi connectivity index (χ2n) is 4.88. The summed E-state index contributed by atoms with van der Waals surface area (Å²) in [4.78, 5) is 7.65. The van der Waals surface area contributed by atoms with E-state index in [1.807, 2.05) is 60.1 Å². The molecule has 0 saturated heterocycles. The highest BCUT2D eigenvalue weighted by atomic mass is 16.3. The Labute approximate surface area is 115 Å². The summed E-state index contributed by atoms with van der Waals surface area (Å²) in [5, 5.41) is 11.2. The van der Waals surface area contributed by atoms with Crippen molar-refractivity contribution < 1.29 is 5.11 Å². The van der Waals surface area contributed by atoms with E-state index in [9.17, 15) is 5.11 Å². The molecule has 4 aromatic rings. The predicted octanol–water partition coefficient (Wildman–Crippen LogP) is 3.43. The molecule has 2 N–H and O–H groups in total. The van der Waals surface area contributed by atoms with Crippen LogP contribution >= 0.6 is 0 Å². The van der Waals surface area contributed by atoms with Crippen LogP contribution in [0.2, 0.25) is 0 Å². The van der Waals surface area contributed by atoms with E-state index in [0.29, 0.717) is 0 Å². The van der Waals surface area contributed by atoms with Gasteiger partial charge in [0.05, 0.1) is 16.6 Å². The lowest BCUT2D eigenvalue weighted by molar-refractivity contribution is 0.460. The van der Waals surface area contributed by atoms with Crippen LogP contribution in [0.15, 0.2) is 48.5 Å². The monoisotopic (exact) mass is 263 g/mol. The first kappa shape index (κ1) is 11.1. The van der Waals surface area contributed by atoms with Crippen LogP contribution in [0.5, 0.6) is 5.88 Å². The molecule has 0 saturated carbocycles. The van der Waals surface area contributed by atoms with Gasteiger partial charge in [0.1, 0.15) is 5.82 Å². The number of hydrogen-bond donors (Lipinski definition) is 2. The van der Waals surface area contributed by atoms with Crippen molar-refractivity contribution in [3.8, 4) is 17.3 Å². The fraction of sp³-hybridized carbons (Fsp3) is 0.0625. The first-order valence-electron chi connectivity index (χ1n) is 6.47. The lowest BCUT2D eigenvalue weighted by Gasteiger charge is -2.01. The Morgan fingerprint density at radius 2 is 1.80 bits per heavy atom. The van der Waals surface area contributed by atoms with Gasteiger partial charge in [-0.1, -0.05) is 30.3 Å². The summed E-state index contributed by atoms with van der Waals surface area (Å²) in [6, 6.07) is 15.8. The number of H-pyrrole nitrogens is 1. The summed E-state index contributed by atoms with van der Waals surface area (Å²) in [6.45, 7) is 0. The van der Waals surface area contributed by atoms with Crippen molar-refractivity contribution in [1.29, 1.82) is 0 Å². The van der Waals surface area contributed by atoms with Gasteiger partial charge in [-0.05, 0) is 18.2 Å². The highest BCUT2D eigenvalue weighted by Crippen LogP contribution is 2.36. The fourth-order valence-corrected chi connectivity index (χ4v) is 2.72. The van der Waals surface area contributed by atoms with Crippen molar-refractivity contribution in [3.63, 3.8) is 0 Å². The summed E-state index contributed by atoms with van der Waals surface area (Å²) >= 11 is 0. The van der Waals surface area contributed by atoms with Crippen LogP contribution in [0, 0.1) is 0 Å². The van der Waals surface area contributed by atoms with Gasteiger partial charge in [0.2, 0.25) is 5.88 Å². The lowest BCUT2D eigenvalue weighted by atomic mass is 10.1. The van der Waals surface area contributed by atoms with Crippen molar-refractivity contribution in [2.24, 2.45) is 7.05 Å². The zero-order valence-corrected chi connectivity index (χ0v) is 11.0. The Hall–Kier alpha value is -2.75. The third-order valence-electron chi connectivity index (χ3n) is 3.70. The number of hydrogen-bond acceptors (Lipinski definition) is 2. The number of para-hydroxylation sites is 3. The number of imidazole rings is 1. The van der Waals surface area contributed by atoms with Crippen molar-refractivity contribution in [2.45, 2.75) is 0 Å². The number of rotatable bonds is 1. The third kappa shape index (κ3) is 1.39. The second-order valence-corrected chi connectivity index (χ2v) is 4.88. The second kappa shape index (κ2) is 3.87. The molecule has 2 aromatic heterocycles. The van der Waals surface area contributed by atoms with Gasteiger partial charge < -0.3 is 14.7 Å². The summed E-state index contributed by atoms with van der Waals surface area (Å²) in [5.74, 6) is 0.922. The first-order valence-corrected chi connectivity index (χ1v) is 6.47. The summed E-state index contributed by atoms with van der Waals surface area (Å²) < 4.78 is 2.00. The summed E-state index contributed by atoms with van der Waals surface area (Å²) in [5.41, 5.74) is 3.63. The van der Waals surface area contributed by atoms with Crippen molar-refractivity contribution >= 4 is 21.9 Å². The predicted molar refractivity (Wildman–Crippen MR) is 79.7 cm³/mol. The number of aryl methyl sites for hydroxylation is 1. The molecule has 4 nitrogen and oxygen atoms in total. The molecule has 4 rings (SSSR count). The molecule has 0 aliphatic carbocycles. The normalized spacial score (nSPS) is 11.4. The number of fused-ring (bicyclic) bond motifs is 2. The number of benzene rings is 2. The van der Waals surface area contributed by atoms with Gasteiger partial charge in [-0.15, -0.1) is 0 Å². The average Bonchev–Trinajstić information content (AvgIpc) is 2.96. The van der Waals surface area contributed by atoms with Gasteiger partial charge in [0, 0.05) is 18.0 Å². The largest absolute Gasteiger partial charge is 0.494 e. The van der Waals surface area contributed by atoms with E-state index in [1.54, 1.807) is 0 Å². The number of nitrogens with one attached hydrogen (secondary N) is 1. The van der Waals surface area contributed by atoms with Gasteiger partial charge in [0.15, 0.2) is 0 Å². The molecule has 0 aliphatic heterocycles. The fourth-order valence-electron chi connectivity index (χ4n) is 2.72. The van der Waals surface area contributed by atoms with Crippen LogP contribution in [-0.4, -0.2) is 19.6 Å². The van der Waals surface area contributed by atoms with Gasteiger partial charge >= 0.3 is 0 Å². The maximum absolute atomic E-state index is 10.2. The highest BCUT2D eigenvalue weighted by Gasteiger charge is 2.18. The van der Waals surface area contributed by atoms with E-state index in [1.165, 1.54) is 0 Å². The van der Waals surface area contributed by atoms with Gasteiger partial charge in [-0.25, -0.2) is 4.98 Å². The molecule has 0 atom stereocenters. The smallest absolute Gasteiger partial charge is 0.200 e. The number of aromatic amines is 1. The molecule has 20 heavy (non-hydrogen) atoms. The maximum atomic E-state index is 10.2. The van der Waals surface area contributed by atoms with Crippen LogP contribution in [0.4, 0.5) is 0 Å². The Morgan fingerprint density at radius 3 is 2.65 bits per heavy atom. The lowest BCUT2D eigenvalue weighted by Crippen LogP contribution is -1.91. The van der Waals surface area contributed by atoms with Crippen LogP contribution in [-0.2, 0) is 7.05 Å². The van der Waals surface area contributed by atoms with Gasteiger partial charge in [0.25, 0.3) is 0 Å². The molecule has 0 unspecified atom stereocenters. The molecule has 2 aromatic carbocycles. The third-order valence-corrected chi connectivity index (χ3v) is 3.70. The number of aromatic hydroxyl groups is 1. The molecule has 0 bridgehead atoms. The first-order chi connectivity index (χ1) is 9.75. The molecule has 0 radical (unpaired) electrons. The maximum Gasteiger partial charge on any atom is 0.200 e. The highest BCUT2D eigenvalue weighted by molar-refractivity contribution is 5.98. The zero-order chi connectivity index (χ0) is 13.7. The number of nitrogens with zero attached hydrogens (tertiary/aromatic N) is 2. The minimum atomic E-state index is 0.157. The summed E-state index contributed by atoms with van der Waals surface area (Å²) in [6.07, 6.45) is 0. The molecule has 0 spiro atoms. The van der Waals surface area contributed by atoms with E-state index in [4.69, 9.17) is 0 Å². The SMILES string of the molecule is Cn1c(-c2c(O)[nH]c3ccccc23)nc2ccccc21. The Balaban J connectivity index is 2.11. The van der Waals surface area contributed by atoms with E-state index in [-0.39, 0.29) is 5.88 Å². The van der Waals surface area contributed by atoms with Crippen LogP contribution in [0.25, 0.3) is 33.3 Å². The van der Waals surface area contributed by atoms with E-state index < -0.39 is 0 Å². The minimum Gasteiger partial charge on any atom is -0.494 e. The Morgan fingerprint density at radius 1 is 1.05 bits per heavy atom. The standard InChI is InChI=1S/C16H13N3O/c1-19-13-9-5-4-8-12(13)17-15(19)14-10-6-2-3-7-11(10)18-16(14)20/h2-9,18,20H,1H3. The van der Waals surface area contributed by atoms with Crippen LogP contribution in [0.1, 0.15) is 0 Å². The van der Waals surface area contributed by atoms with Crippen LogP contribution < -0.4 is 0 Å². The zero-order valence-electron chi connectivity index (χ0n) is 11.0. The topological polar surface area (TPSA) is 53.8 Å². The molecular formula is C16H13N3O. The van der Waals surface area contributed by atoms with E-state index >= 15 is 0 Å². The van der Waals surface area contributed by atoms with E-state index in [0.717, 1.165) is 33.3 Å².